The number of nitrogens with zero attached hydrogens (tertiary/aromatic N) is 4. The Morgan fingerprint density at radius 1 is 0.354 bits per heavy atom. The molecule has 0 aliphatic carbocycles. The second kappa shape index (κ2) is 10.5. The summed E-state index contributed by atoms with van der Waals surface area (Å²) < 4.78 is 0. The average Bonchev–Trinajstić information content (AvgIpc) is 3.16. The van der Waals surface area contributed by atoms with Gasteiger partial charge in [0.25, 0.3) is 0 Å². The van der Waals surface area contributed by atoms with E-state index in [0.717, 1.165) is 77.1 Å². The fourth-order valence-electron chi connectivity index (χ4n) is 7.41. The maximum atomic E-state index is 5.26. The summed E-state index contributed by atoms with van der Waals surface area (Å²) in [6.07, 6.45) is 5.59. The molecule has 10 aromatic rings. The Bertz CT molecular complexity index is 2890. The van der Waals surface area contributed by atoms with Crippen LogP contribution in [0.15, 0.2) is 158 Å². The fourth-order valence-corrected chi connectivity index (χ4v) is 7.41. The van der Waals surface area contributed by atoms with Gasteiger partial charge in [-0.1, -0.05) is 109 Å². The largest absolute Gasteiger partial charge is 0.256 e. The van der Waals surface area contributed by atoms with Crippen molar-refractivity contribution in [2.45, 2.75) is 0 Å². The first kappa shape index (κ1) is 26.7. The second-order valence-electron chi connectivity index (χ2n) is 12.2. The van der Waals surface area contributed by atoms with Crippen molar-refractivity contribution in [2.24, 2.45) is 0 Å². The predicted molar refractivity (Wildman–Crippen MR) is 199 cm³/mol. The van der Waals surface area contributed by atoms with Crippen LogP contribution in [-0.4, -0.2) is 19.9 Å². The minimum atomic E-state index is 0.905. The molecule has 0 bridgehead atoms. The van der Waals surface area contributed by atoms with Gasteiger partial charge in [-0.2, -0.15) is 0 Å². The molecule has 0 aliphatic heterocycles. The van der Waals surface area contributed by atoms with Crippen LogP contribution in [0.4, 0.5) is 0 Å². The quantitative estimate of drug-likeness (QED) is 0.187. The lowest BCUT2D eigenvalue weighted by molar-refractivity contribution is 1.37. The van der Waals surface area contributed by atoms with Gasteiger partial charge in [-0.3, -0.25) is 15.0 Å². The van der Waals surface area contributed by atoms with Crippen LogP contribution in [0.5, 0.6) is 0 Å². The molecule has 4 aromatic heterocycles. The maximum Gasteiger partial charge on any atom is 0.0970 e. The molecule has 4 heterocycles. The monoisotopic (exact) mass is 610 g/mol. The van der Waals surface area contributed by atoms with Crippen LogP contribution in [0.1, 0.15) is 0 Å². The minimum absolute atomic E-state index is 0.905. The molecule has 0 amide bonds. The summed E-state index contributed by atoms with van der Waals surface area (Å²) >= 11 is 0. The van der Waals surface area contributed by atoms with Gasteiger partial charge in [0.05, 0.1) is 27.8 Å². The van der Waals surface area contributed by atoms with Crippen LogP contribution in [-0.2, 0) is 0 Å². The molecule has 0 saturated heterocycles. The first-order valence-electron chi connectivity index (χ1n) is 16.1. The van der Waals surface area contributed by atoms with E-state index in [4.69, 9.17) is 15.0 Å². The fraction of sp³-hybridized carbons (Fsp3) is 0. The van der Waals surface area contributed by atoms with E-state index in [1.807, 2.05) is 30.7 Å². The van der Waals surface area contributed by atoms with Crippen LogP contribution in [0, 0.1) is 0 Å². The Morgan fingerprint density at radius 2 is 1.02 bits per heavy atom. The third-order valence-electron chi connectivity index (χ3n) is 9.58. The van der Waals surface area contributed by atoms with E-state index >= 15 is 0 Å². The normalized spacial score (nSPS) is 11.8. The average molecular weight is 611 g/mol. The van der Waals surface area contributed by atoms with Gasteiger partial charge in [0.15, 0.2) is 0 Å². The zero-order valence-corrected chi connectivity index (χ0v) is 25.8. The molecular formula is C44H26N4. The summed E-state index contributed by atoms with van der Waals surface area (Å²) in [5.41, 5.74) is 10.2. The van der Waals surface area contributed by atoms with Gasteiger partial charge in [-0.25, -0.2) is 4.98 Å². The highest BCUT2D eigenvalue weighted by atomic mass is 14.7. The van der Waals surface area contributed by atoms with Crippen molar-refractivity contribution < 1.29 is 0 Å². The zero-order chi connectivity index (χ0) is 31.6. The number of hydrogen-bond acceptors (Lipinski definition) is 4. The molecule has 0 spiro atoms. The Morgan fingerprint density at radius 3 is 1.98 bits per heavy atom. The Hall–Kier alpha value is -6.52. The lowest BCUT2D eigenvalue weighted by atomic mass is 9.91. The van der Waals surface area contributed by atoms with Gasteiger partial charge in [-0.15, -0.1) is 0 Å². The van der Waals surface area contributed by atoms with Crippen molar-refractivity contribution in [3.63, 3.8) is 0 Å². The van der Waals surface area contributed by atoms with Gasteiger partial charge in [-0.05, 0) is 57.8 Å². The Kier molecular flexibility index (Phi) is 5.84. The molecule has 0 saturated carbocycles. The molecule has 0 N–H and O–H groups in total. The number of aromatic nitrogens is 4. The van der Waals surface area contributed by atoms with Crippen LogP contribution >= 0.6 is 0 Å². The summed E-state index contributed by atoms with van der Waals surface area (Å²) in [6, 6.07) is 49.3. The summed E-state index contributed by atoms with van der Waals surface area (Å²) in [7, 11) is 0. The lowest BCUT2D eigenvalue weighted by Gasteiger charge is -2.15. The van der Waals surface area contributed by atoms with E-state index in [9.17, 15) is 0 Å². The van der Waals surface area contributed by atoms with Gasteiger partial charge in [0.2, 0.25) is 0 Å². The van der Waals surface area contributed by atoms with Crippen LogP contribution in [0.3, 0.4) is 0 Å². The lowest BCUT2D eigenvalue weighted by Crippen LogP contribution is -1.93. The van der Waals surface area contributed by atoms with Gasteiger partial charge in [0, 0.05) is 62.0 Å². The molecule has 0 aliphatic rings. The second-order valence-corrected chi connectivity index (χ2v) is 12.2. The van der Waals surface area contributed by atoms with Crippen molar-refractivity contribution in [1.82, 2.24) is 19.9 Å². The number of fused-ring (bicyclic) bond motifs is 9. The number of hydrogen-bond donors (Lipinski definition) is 0. The third-order valence-corrected chi connectivity index (χ3v) is 9.58. The molecule has 4 nitrogen and oxygen atoms in total. The van der Waals surface area contributed by atoms with E-state index in [-0.39, 0.29) is 0 Å². The van der Waals surface area contributed by atoms with E-state index in [0.29, 0.717) is 0 Å². The molecule has 0 atom stereocenters. The van der Waals surface area contributed by atoms with Crippen molar-refractivity contribution in [1.29, 1.82) is 0 Å². The molecule has 0 fully saturated rings. The predicted octanol–water partition coefficient (Wildman–Crippen LogP) is 11.2. The Labute approximate surface area is 276 Å². The standard InChI is InChI=1S/C44H26N4/c1-2-12-31-27(8-1)16-19-38-40(31)37-13-3-4-15-39(37)48-41(38)30-10-5-9-29(26-30)32-20-21-33(35-14-7-24-46-43(32)35)34-22-25-47-44-36(34)18-17-28-11-6-23-45-42(28)44/h1-26H. The third kappa shape index (κ3) is 4.03. The van der Waals surface area contributed by atoms with Crippen molar-refractivity contribution in [3.8, 4) is 33.5 Å². The molecule has 0 unspecified atom stereocenters. The van der Waals surface area contributed by atoms with Crippen LogP contribution in [0.2, 0.25) is 0 Å². The van der Waals surface area contributed by atoms with Crippen molar-refractivity contribution >= 4 is 65.2 Å². The van der Waals surface area contributed by atoms with E-state index in [1.165, 1.54) is 21.5 Å². The number of para-hydroxylation sites is 1. The number of benzene rings is 6. The summed E-state index contributed by atoms with van der Waals surface area (Å²) in [5, 5.41) is 9.27. The summed E-state index contributed by atoms with van der Waals surface area (Å²) in [6.45, 7) is 0. The molecule has 222 valence electrons. The highest BCUT2D eigenvalue weighted by Gasteiger charge is 2.17. The smallest absolute Gasteiger partial charge is 0.0970 e. The first-order valence-corrected chi connectivity index (χ1v) is 16.1. The van der Waals surface area contributed by atoms with Gasteiger partial charge < -0.3 is 0 Å². The van der Waals surface area contributed by atoms with Gasteiger partial charge >= 0.3 is 0 Å². The molecule has 4 heteroatoms. The molecular weight excluding hydrogens is 585 g/mol. The summed E-state index contributed by atoms with van der Waals surface area (Å²) in [5.74, 6) is 0. The van der Waals surface area contributed by atoms with E-state index in [1.54, 1.807) is 0 Å². The molecule has 10 rings (SSSR count). The van der Waals surface area contributed by atoms with Gasteiger partial charge in [0.1, 0.15) is 0 Å². The van der Waals surface area contributed by atoms with E-state index < -0.39 is 0 Å². The molecule has 48 heavy (non-hydrogen) atoms. The number of pyridine rings is 4. The molecule has 6 aromatic carbocycles. The van der Waals surface area contributed by atoms with Crippen molar-refractivity contribution in [2.75, 3.05) is 0 Å². The summed E-state index contributed by atoms with van der Waals surface area (Å²) in [4.78, 5) is 19.6. The maximum absolute atomic E-state index is 5.26. The topological polar surface area (TPSA) is 51.6 Å². The Balaban J connectivity index is 1.17. The van der Waals surface area contributed by atoms with Crippen LogP contribution in [0.25, 0.3) is 98.7 Å². The molecule has 0 radical (unpaired) electrons. The van der Waals surface area contributed by atoms with E-state index in [2.05, 4.69) is 132 Å². The first-order chi connectivity index (χ1) is 23.8. The highest BCUT2D eigenvalue weighted by Crippen LogP contribution is 2.41. The zero-order valence-electron chi connectivity index (χ0n) is 25.8. The minimum Gasteiger partial charge on any atom is -0.256 e. The van der Waals surface area contributed by atoms with Crippen LogP contribution < -0.4 is 0 Å². The van der Waals surface area contributed by atoms with Crippen molar-refractivity contribution in [3.05, 3.63) is 158 Å². The highest BCUT2D eigenvalue weighted by molar-refractivity contribution is 6.22. The number of rotatable bonds is 3. The SMILES string of the molecule is c1cc(-c2nc3ccccc3c3c2ccc2ccccc23)cc(-c2ccc(-c3ccnc4c3ccc3cccnc34)c3cccnc23)c1.